The molecular weight excluding hydrogens is 380 g/mol. The summed E-state index contributed by atoms with van der Waals surface area (Å²) < 4.78 is 1.75. The second-order valence-corrected chi connectivity index (χ2v) is 8.27. The van der Waals surface area contributed by atoms with Gasteiger partial charge in [0.2, 0.25) is 5.43 Å². The van der Waals surface area contributed by atoms with Gasteiger partial charge in [0.05, 0.1) is 0 Å². The van der Waals surface area contributed by atoms with Crippen LogP contribution in [0.3, 0.4) is 0 Å². The molecule has 2 heterocycles. The van der Waals surface area contributed by atoms with Gasteiger partial charge < -0.3 is 15.2 Å². The van der Waals surface area contributed by atoms with Gasteiger partial charge in [0.1, 0.15) is 11.1 Å². The van der Waals surface area contributed by atoms with Gasteiger partial charge in [-0.15, -0.1) is 0 Å². The zero-order chi connectivity index (χ0) is 22.1. The van der Waals surface area contributed by atoms with Crippen molar-refractivity contribution in [3.05, 3.63) is 63.8 Å². The van der Waals surface area contributed by atoms with Crippen molar-refractivity contribution in [3.63, 3.8) is 0 Å². The van der Waals surface area contributed by atoms with Crippen LogP contribution in [0, 0.1) is 11.8 Å². The van der Waals surface area contributed by atoms with Crippen LogP contribution in [0.2, 0.25) is 0 Å². The van der Waals surface area contributed by atoms with Gasteiger partial charge in [-0.25, -0.2) is 0 Å². The molecule has 0 spiro atoms. The number of rotatable bonds is 10. The smallest absolute Gasteiger partial charge is 0.256 e. The third-order valence-corrected chi connectivity index (χ3v) is 4.54. The fraction of sp³-hybridized carbons (Fsp3) is 0.478. The standard InChI is InChI=1S/C23H32N4O3/c1-16(2)8-11-25-22(29)19-14-27(13-17(3)4)15-20(21(19)28)23(30)26-12-9-18-7-5-6-10-24-18/h5-7,10,14-17H,8-9,11-13H2,1-4H3,(H,25,29)(H,26,30). The van der Waals surface area contributed by atoms with E-state index in [1.807, 2.05) is 32.0 Å². The predicted molar refractivity (Wildman–Crippen MR) is 118 cm³/mol. The van der Waals surface area contributed by atoms with Crippen LogP contribution in [-0.2, 0) is 13.0 Å². The normalized spacial score (nSPS) is 11.0. The first kappa shape index (κ1) is 23.3. The van der Waals surface area contributed by atoms with E-state index in [0.717, 1.165) is 12.1 Å². The number of nitrogens with zero attached hydrogens (tertiary/aromatic N) is 2. The van der Waals surface area contributed by atoms with E-state index in [0.29, 0.717) is 37.9 Å². The van der Waals surface area contributed by atoms with Gasteiger partial charge in [0.25, 0.3) is 11.8 Å². The lowest BCUT2D eigenvalue weighted by Crippen LogP contribution is -2.36. The summed E-state index contributed by atoms with van der Waals surface area (Å²) in [5.41, 5.74) is 0.283. The summed E-state index contributed by atoms with van der Waals surface area (Å²) in [4.78, 5) is 42.4. The molecule has 0 aliphatic heterocycles. The van der Waals surface area contributed by atoms with Crippen LogP contribution in [-0.4, -0.2) is 34.5 Å². The summed E-state index contributed by atoms with van der Waals surface area (Å²) in [6, 6.07) is 5.59. The molecule has 2 rings (SSSR count). The van der Waals surface area contributed by atoms with Gasteiger partial charge in [-0.3, -0.25) is 19.4 Å². The lowest BCUT2D eigenvalue weighted by atomic mass is 10.1. The van der Waals surface area contributed by atoms with E-state index in [-0.39, 0.29) is 11.1 Å². The quantitative estimate of drug-likeness (QED) is 0.627. The van der Waals surface area contributed by atoms with Crippen LogP contribution in [0.25, 0.3) is 0 Å². The Morgan fingerprint density at radius 1 is 0.967 bits per heavy atom. The molecule has 7 nitrogen and oxygen atoms in total. The largest absolute Gasteiger partial charge is 0.352 e. The Hall–Kier alpha value is -2.96. The Morgan fingerprint density at radius 3 is 2.13 bits per heavy atom. The van der Waals surface area contributed by atoms with Crippen LogP contribution in [0.15, 0.2) is 41.6 Å². The molecule has 0 unspecified atom stereocenters. The maximum Gasteiger partial charge on any atom is 0.256 e. The minimum absolute atomic E-state index is 0.00298. The first-order valence-electron chi connectivity index (χ1n) is 10.5. The van der Waals surface area contributed by atoms with Crippen molar-refractivity contribution in [3.8, 4) is 0 Å². The molecule has 2 aromatic heterocycles. The number of hydrogen-bond acceptors (Lipinski definition) is 4. The van der Waals surface area contributed by atoms with Gasteiger partial charge in [0, 0.05) is 50.3 Å². The number of pyridine rings is 2. The lowest BCUT2D eigenvalue weighted by molar-refractivity contribution is 0.0949. The van der Waals surface area contributed by atoms with E-state index in [1.54, 1.807) is 10.8 Å². The monoisotopic (exact) mass is 412 g/mol. The van der Waals surface area contributed by atoms with Crippen molar-refractivity contribution in [2.75, 3.05) is 13.1 Å². The minimum atomic E-state index is -0.549. The second kappa shape index (κ2) is 11.3. The molecule has 0 fully saturated rings. The zero-order valence-corrected chi connectivity index (χ0v) is 18.3. The van der Waals surface area contributed by atoms with Crippen molar-refractivity contribution in [1.29, 1.82) is 0 Å². The average Bonchev–Trinajstić information content (AvgIpc) is 2.69. The van der Waals surface area contributed by atoms with Crippen molar-refractivity contribution >= 4 is 11.8 Å². The number of hydrogen-bond donors (Lipinski definition) is 2. The molecule has 0 saturated heterocycles. The molecule has 7 heteroatoms. The van der Waals surface area contributed by atoms with Crippen molar-refractivity contribution < 1.29 is 9.59 Å². The molecule has 2 amide bonds. The predicted octanol–water partition coefficient (Wildman–Crippen LogP) is 2.65. The maximum absolute atomic E-state index is 12.9. The van der Waals surface area contributed by atoms with E-state index in [4.69, 9.17) is 0 Å². The van der Waals surface area contributed by atoms with Crippen LogP contribution in [0.4, 0.5) is 0 Å². The van der Waals surface area contributed by atoms with Crippen LogP contribution < -0.4 is 16.1 Å². The van der Waals surface area contributed by atoms with Gasteiger partial charge in [-0.1, -0.05) is 33.8 Å². The van der Waals surface area contributed by atoms with Crippen LogP contribution in [0.1, 0.15) is 60.5 Å². The van der Waals surface area contributed by atoms with Gasteiger partial charge in [-0.2, -0.15) is 0 Å². The fourth-order valence-corrected chi connectivity index (χ4v) is 3.00. The average molecular weight is 413 g/mol. The first-order valence-corrected chi connectivity index (χ1v) is 10.5. The number of carbonyl (C=O) groups excluding carboxylic acids is 2. The molecule has 0 atom stereocenters. The Kier molecular flexibility index (Phi) is 8.77. The summed E-state index contributed by atoms with van der Waals surface area (Å²) in [6.07, 6.45) is 6.14. The maximum atomic E-state index is 12.9. The molecule has 2 N–H and O–H groups in total. The Bertz CT molecular complexity index is 904. The number of aromatic nitrogens is 2. The number of amides is 2. The van der Waals surface area contributed by atoms with E-state index < -0.39 is 17.2 Å². The van der Waals surface area contributed by atoms with Crippen molar-refractivity contribution in [2.24, 2.45) is 11.8 Å². The van der Waals surface area contributed by atoms with Gasteiger partial charge >= 0.3 is 0 Å². The van der Waals surface area contributed by atoms with E-state index in [9.17, 15) is 14.4 Å². The van der Waals surface area contributed by atoms with Crippen LogP contribution >= 0.6 is 0 Å². The van der Waals surface area contributed by atoms with Gasteiger partial charge in [-0.05, 0) is 30.4 Å². The topological polar surface area (TPSA) is 93.1 Å². The summed E-state index contributed by atoms with van der Waals surface area (Å²) in [7, 11) is 0. The zero-order valence-electron chi connectivity index (χ0n) is 18.3. The summed E-state index contributed by atoms with van der Waals surface area (Å²) >= 11 is 0. The Balaban J connectivity index is 2.18. The van der Waals surface area contributed by atoms with E-state index in [1.165, 1.54) is 12.4 Å². The summed E-state index contributed by atoms with van der Waals surface area (Å²) in [5.74, 6) is -0.185. The van der Waals surface area contributed by atoms with Gasteiger partial charge in [0.15, 0.2) is 0 Å². The molecule has 0 aromatic carbocycles. The number of nitrogens with one attached hydrogen (secondary N) is 2. The molecule has 0 bridgehead atoms. The summed E-state index contributed by atoms with van der Waals surface area (Å²) in [6.45, 7) is 9.64. The highest BCUT2D eigenvalue weighted by atomic mass is 16.2. The third kappa shape index (κ3) is 7.13. The first-order chi connectivity index (χ1) is 14.3. The van der Waals surface area contributed by atoms with Crippen molar-refractivity contribution in [1.82, 2.24) is 20.2 Å². The molecule has 30 heavy (non-hydrogen) atoms. The molecule has 0 aliphatic rings. The third-order valence-electron chi connectivity index (χ3n) is 4.54. The van der Waals surface area contributed by atoms with Crippen molar-refractivity contribution in [2.45, 2.75) is 47.1 Å². The lowest BCUT2D eigenvalue weighted by Gasteiger charge is -2.14. The molecular formula is C23H32N4O3. The molecule has 0 aliphatic carbocycles. The van der Waals surface area contributed by atoms with E-state index in [2.05, 4.69) is 29.5 Å². The number of carbonyl (C=O) groups is 2. The highest BCUT2D eigenvalue weighted by Gasteiger charge is 2.19. The van der Waals surface area contributed by atoms with Crippen LogP contribution in [0.5, 0.6) is 0 Å². The summed E-state index contributed by atoms with van der Waals surface area (Å²) in [5, 5.41) is 5.56. The highest BCUT2D eigenvalue weighted by Crippen LogP contribution is 2.05. The highest BCUT2D eigenvalue weighted by molar-refractivity contribution is 5.99. The molecule has 162 valence electrons. The van der Waals surface area contributed by atoms with E-state index >= 15 is 0 Å². The SMILES string of the molecule is CC(C)CCNC(=O)c1cn(CC(C)C)cc(C(=O)NCCc2ccccn2)c1=O. The Morgan fingerprint density at radius 2 is 1.60 bits per heavy atom. The fourth-order valence-electron chi connectivity index (χ4n) is 3.00. The second-order valence-electron chi connectivity index (χ2n) is 8.27. The Labute approximate surface area is 177 Å². The molecule has 0 radical (unpaired) electrons. The molecule has 0 saturated carbocycles. The molecule has 2 aromatic rings. The minimum Gasteiger partial charge on any atom is -0.352 e.